The van der Waals surface area contributed by atoms with E-state index in [-0.39, 0.29) is 18.4 Å². The Morgan fingerprint density at radius 2 is 2.24 bits per heavy atom. The first-order chi connectivity index (χ1) is 9.95. The number of amides is 1. The van der Waals surface area contributed by atoms with Crippen LogP contribution in [0.3, 0.4) is 0 Å². The lowest BCUT2D eigenvalue weighted by Crippen LogP contribution is -2.42. The van der Waals surface area contributed by atoms with Crippen molar-refractivity contribution in [2.45, 2.75) is 12.8 Å². The van der Waals surface area contributed by atoms with Crippen molar-refractivity contribution >= 4 is 45.1 Å². The molecule has 1 saturated heterocycles. The third-order valence-corrected chi connectivity index (χ3v) is 4.23. The summed E-state index contributed by atoms with van der Waals surface area (Å²) in [4.78, 5) is 24.9. The molecule has 1 aliphatic heterocycles. The Kier molecular flexibility index (Phi) is 5.61. The largest absolute Gasteiger partial charge is 0.481 e. The second kappa shape index (κ2) is 7.24. The van der Waals surface area contributed by atoms with Gasteiger partial charge in [-0.15, -0.1) is 0 Å². The number of nitrogens with one attached hydrogen (secondary N) is 1. The highest BCUT2D eigenvalue weighted by atomic mass is 79.9. The summed E-state index contributed by atoms with van der Waals surface area (Å²) < 4.78 is 0.839. The van der Waals surface area contributed by atoms with Crippen LogP contribution in [0, 0.1) is 5.92 Å². The summed E-state index contributed by atoms with van der Waals surface area (Å²) in [6.07, 6.45) is 1.47. The van der Waals surface area contributed by atoms with Crippen LogP contribution in [0.15, 0.2) is 22.7 Å². The van der Waals surface area contributed by atoms with Gasteiger partial charge in [-0.1, -0.05) is 27.5 Å². The SMILES string of the molecule is O=C(CN1CCCC(C(=O)O)C1)Nc1ccc(Br)cc1Cl. The van der Waals surface area contributed by atoms with Crippen LogP contribution in [0.25, 0.3) is 0 Å². The maximum Gasteiger partial charge on any atom is 0.307 e. The standard InChI is InChI=1S/C14H16BrClN2O3/c15-10-3-4-12(11(16)6-10)17-13(19)8-18-5-1-2-9(7-18)14(20)21/h3-4,6,9H,1-2,5,7-8H2,(H,17,19)(H,20,21). The van der Waals surface area contributed by atoms with Crippen molar-refractivity contribution in [1.82, 2.24) is 4.90 Å². The summed E-state index contributed by atoms with van der Waals surface area (Å²) in [5.74, 6) is -1.37. The molecule has 5 nitrogen and oxygen atoms in total. The summed E-state index contributed by atoms with van der Waals surface area (Å²) in [6.45, 7) is 1.33. The van der Waals surface area contributed by atoms with Crippen molar-refractivity contribution in [2.24, 2.45) is 5.92 Å². The molecule has 0 saturated carbocycles. The summed E-state index contributed by atoms with van der Waals surface area (Å²) in [7, 11) is 0. The normalized spacial score (nSPS) is 19.2. The molecule has 21 heavy (non-hydrogen) atoms. The van der Waals surface area contributed by atoms with Gasteiger partial charge in [0.2, 0.25) is 5.91 Å². The van der Waals surface area contributed by atoms with E-state index in [1.165, 1.54) is 0 Å². The van der Waals surface area contributed by atoms with Crippen molar-refractivity contribution < 1.29 is 14.7 Å². The zero-order valence-corrected chi connectivity index (χ0v) is 13.7. The number of anilines is 1. The fourth-order valence-corrected chi connectivity index (χ4v) is 3.11. The van der Waals surface area contributed by atoms with Gasteiger partial charge in [0.15, 0.2) is 0 Å². The van der Waals surface area contributed by atoms with Gasteiger partial charge in [0, 0.05) is 11.0 Å². The molecule has 0 spiro atoms. The van der Waals surface area contributed by atoms with Gasteiger partial charge in [-0.2, -0.15) is 0 Å². The van der Waals surface area contributed by atoms with Gasteiger partial charge in [-0.3, -0.25) is 14.5 Å². The average molecular weight is 376 g/mol. The quantitative estimate of drug-likeness (QED) is 0.849. The fourth-order valence-electron chi connectivity index (χ4n) is 2.38. The van der Waals surface area contributed by atoms with Crippen LogP contribution in [-0.4, -0.2) is 41.5 Å². The Bertz CT molecular complexity index is 553. The van der Waals surface area contributed by atoms with E-state index in [1.807, 2.05) is 4.90 Å². The Hall–Kier alpha value is -1.11. The van der Waals surface area contributed by atoms with Crippen LogP contribution in [0.4, 0.5) is 5.69 Å². The van der Waals surface area contributed by atoms with Gasteiger partial charge in [-0.25, -0.2) is 0 Å². The predicted octanol–water partition coefficient (Wildman–Crippen LogP) is 2.84. The Labute approximate surface area is 136 Å². The van der Waals surface area contributed by atoms with Gasteiger partial charge in [0.1, 0.15) is 0 Å². The van der Waals surface area contributed by atoms with E-state index in [0.29, 0.717) is 23.7 Å². The highest BCUT2D eigenvalue weighted by Gasteiger charge is 2.26. The molecule has 1 aromatic carbocycles. The smallest absolute Gasteiger partial charge is 0.307 e. The van der Waals surface area contributed by atoms with Crippen molar-refractivity contribution in [3.63, 3.8) is 0 Å². The van der Waals surface area contributed by atoms with E-state index in [2.05, 4.69) is 21.2 Å². The number of carbonyl (C=O) groups is 2. The predicted molar refractivity (Wildman–Crippen MR) is 84.6 cm³/mol. The summed E-state index contributed by atoms with van der Waals surface area (Å²) in [5.41, 5.74) is 0.552. The number of rotatable bonds is 4. The van der Waals surface area contributed by atoms with Crippen LogP contribution >= 0.6 is 27.5 Å². The Balaban J connectivity index is 1.91. The van der Waals surface area contributed by atoms with E-state index < -0.39 is 5.97 Å². The maximum atomic E-state index is 12.0. The first-order valence-electron chi connectivity index (χ1n) is 6.66. The number of hydrogen-bond acceptors (Lipinski definition) is 3. The third kappa shape index (κ3) is 4.69. The van der Waals surface area contributed by atoms with Crippen molar-refractivity contribution in [1.29, 1.82) is 0 Å². The molecule has 2 rings (SSSR count). The molecular formula is C14H16BrClN2O3. The molecule has 1 heterocycles. The summed E-state index contributed by atoms with van der Waals surface area (Å²) >= 11 is 9.35. The van der Waals surface area contributed by atoms with E-state index in [9.17, 15) is 9.59 Å². The molecule has 7 heteroatoms. The number of piperidine rings is 1. The molecule has 114 valence electrons. The zero-order valence-electron chi connectivity index (χ0n) is 11.3. The fraction of sp³-hybridized carbons (Fsp3) is 0.429. The number of benzene rings is 1. The van der Waals surface area contributed by atoms with E-state index in [4.69, 9.17) is 16.7 Å². The number of likely N-dealkylation sites (tertiary alicyclic amines) is 1. The molecule has 2 N–H and O–H groups in total. The van der Waals surface area contributed by atoms with E-state index in [1.54, 1.807) is 18.2 Å². The number of carbonyl (C=O) groups excluding carboxylic acids is 1. The molecule has 1 aromatic rings. The highest BCUT2D eigenvalue weighted by Crippen LogP contribution is 2.25. The van der Waals surface area contributed by atoms with Gasteiger partial charge in [0.25, 0.3) is 0 Å². The monoisotopic (exact) mass is 374 g/mol. The molecule has 1 amide bonds. The number of aliphatic carboxylic acids is 1. The maximum absolute atomic E-state index is 12.0. The highest BCUT2D eigenvalue weighted by molar-refractivity contribution is 9.10. The second-order valence-corrected chi connectivity index (χ2v) is 6.41. The molecule has 1 fully saturated rings. The summed E-state index contributed by atoms with van der Waals surface area (Å²) in [6, 6.07) is 5.22. The number of nitrogens with zero attached hydrogens (tertiary/aromatic N) is 1. The van der Waals surface area contributed by atoms with Crippen molar-refractivity contribution in [2.75, 3.05) is 25.0 Å². The molecule has 0 aliphatic carbocycles. The first-order valence-corrected chi connectivity index (χ1v) is 7.83. The van der Waals surface area contributed by atoms with Crippen LogP contribution < -0.4 is 5.32 Å². The lowest BCUT2D eigenvalue weighted by Gasteiger charge is -2.29. The average Bonchev–Trinajstić information content (AvgIpc) is 2.42. The molecule has 1 aliphatic rings. The molecule has 1 atom stereocenters. The minimum absolute atomic E-state index is 0.177. The number of carboxylic acids is 1. The lowest BCUT2D eigenvalue weighted by atomic mass is 9.98. The van der Waals surface area contributed by atoms with Crippen LogP contribution in [-0.2, 0) is 9.59 Å². The topological polar surface area (TPSA) is 69.6 Å². The first kappa shape index (κ1) is 16.3. The Morgan fingerprint density at radius 1 is 1.48 bits per heavy atom. The minimum Gasteiger partial charge on any atom is -0.481 e. The second-order valence-electron chi connectivity index (χ2n) is 5.08. The van der Waals surface area contributed by atoms with Gasteiger partial charge in [-0.05, 0) is 37.6 Å². The van der Waals surface area contributed by atoms with Crippen LogP contribution in [0.5, 0.6) is 0 Å². The Morgan fingerprint density at radius 3 is 2.90 bits per heavy atom. The third-order valence-electron chi connectivity index (χ3n) is 3.43. The molecule has 0 aromatic heterocycles. The van der Waals surface area contributed by atoms with E-state index >= 15 is 0 Å². The zero-order chi connectivity index (χ0) is 15.4. The number of carboxylic acid groups (broad SMARTS) is 1. The van der Waals surface area contributed by atoms with Crippen molar-refractivity contribution in [3.05, 3.63) is 27.7 Å². The molecule has 0 bridgehead atoms. The molecule has 1 unspecified atom stereocenters. The lowest BCUT2D eigenvalue weighted by molar-refractivity contribution is -0.144. The summed E-state index contributed by atoms with van der Waals surface area (Å²) in [5, 5.41) is 12.2. The molecule has 0 radical (unpaired) electrons. The van der Waals surface area contributed by atoms with E-state index in [0.717, 1.165) is 17.4 Å². The van der Waals surface area contributed by atoms with Gasteiger partial charge < -0.3 is 10.4 Å². The van der Waals surface area contributed by atoms with Gasteiger partial charge >= 0.3 is 5.97 Å². The molecular weight excluding hydrogens is 360 g/mol. The number of hydrogen-bond donors (Lipinski definition) is 2. The van der Waals surface area contributed by atoms with Crippen LogP contribution in [0.1, 0.15) is 12.8 Å². The van der Waals surface area contributed by atoms with Crippen molar-refractivity contribution in [3.8, 4) is 0 Å². The van der Waals surface area contributed by atoms with Crippen LogP contribution in [0.2, 0.25) is 5.02 Å². The van der Waals surface area contributed by atoms with Gasteiger partial charge in [0.05, 0.1) is 23.2 Å². The minimum atomic E-state index is -0.795. The number of halogens is 2.